The minimum atomic E-state index is -0.585. The fourth-order valence-electron chi connectivity index (χ4n) is 1.49. The Hall–Kier alpha value is -1.70. The Balaban J connectivity index is 0.000000433. The molecule has 7 nitrogen and oxygen atoms in total. The summed E-state index contributed by atoms with van der Waals surface area (Å²) in [5.74, 6) is -0.549. The Morgan fingerprint density at radius 3 is 1.95 bits per heavy atom. The maximum Gasteiger partial charge on any atom is 0.348 e. The Morgan fingerprint density at radius 1 is 1.14 bits per heavy atom. The molecular weight excluding hydrogens is 276 g/mol. The summed E-state index contributed by atoms with van der Waals surface area (Å²) in [4.78, 5) is 25.9. The lowest BCUT2D eigenvalue weighted by molar-refractivity contribution is -0.179. The highest BCUT2D eigenvalue weighted by atomic mass is 16.7. The maximum atomic E-state index is 11.3. The van der Waals surface area contributed by atoms with Gasteiger partial charge in [0.1, 0.15) is 11.3 Å². The van der Waals surface area contributed by atoms with Gasteiger partial charge in [-0.1, -0.05) is 0 Å². The number of methoxy groups -OCH3 is 2. The summed E-state index contributed by atoms with van der Waals surface area (Å²) in [5, 5.41) is 0. The first-order chi connectivity index (χ1) is 9.72. The molecule has 1 aliphatic rings. The van der Waals surface area contributed by atoms with Crippen molar-refractivity contribution in [2.75, 3.05) is 42.4 Å². The molecule has 0 aromatic heterocycles. The summed E-state index contributed by atoms with van der Waals surface area (Å²) in [5.41, 5.74) is 0.0654. The molecule has 0 bridgehead atoms. The SMILES string of the molecule is CC1=CC(=O)C(=CN(C)C)C(=O)O1.COC(OC)N(C)C. The molecule has 0 saturated heterocycles. The van der Waals surface area contributed by atoms with Crippen LogP contribution in [0.3, 0.4) is 0 Å². The molecule has 0 amide bonds. The van der Waals surface area contributed by atoms with E-state index in [1.807, 2.05) is 19.0 Å². The van der Waals surface area contributed by atoms with Crippen molar-refractivity contribution in [2.24, 2.45) is 0 Å². The first-order valence-electron chi connectivity index (χ1n) is 6.28. The predicted molar refractivity (Wildman–Crippen MR) is 78.1 cm³/mol. The largest absolute Gasteiger partial charge is 0.427 e. The van der Waals surface area contributed by atoms with Crippen LogP contribution in [0.4, 0.5) is 0 Å². The van der Waals surface area contributed by atoms with Gasteiger partial charge in [-0.3, -0.25) is 9.69 Å². The third-order valence-electron chi connectivity index (χ3n) is 2.29. The summed E-state index contributed by atoms with van der Waals surface area (Å²) in [6, 6.07) is 0. The second kappa shape index (κ2) is 9.28. The summed E-state index contributed by atoms with van der Waals surface area (Å²) in [7, 11) is 10.5. The highest BCUT2D eigenvalue weighted by Gasteiger charge is 2.24. The van der Waals surface area contributed by atoms with Crippen LogP contribution in [-0.4, -0.2) is 70.4 Å². The van der Waals surface area contributed by atoms with Crippen molar-refractivity contribution in [1.82, 2.24) is 9.80 Å². The average Bonchev–Trinajstić information content (AvgIpc) is 2.35. The molecule has 0 aliphatic carbocycles. The van der Waals surface area contributed by atoms with E-state index in [0.717, 1.165) is 0 Å². The predicted octanol–water partition coefficient (Wildman–Crippen LogP) is 0.586. The molecular formula is C14H24N2O5. The van der Waals surface area contributed by atoms with E-state index in [4.69, 9.17) is 14.2 Å². The second-order valence-corrected chi connectivity index (χ2v) is 4.76. The average molecular weight is 300 g/mol. The topological polar surface area (TPSA) is 68.3 Å². The number of carbonyl (C=O) groups excluding carboxylic acids is 2. The minimum absolute atomic E-state index is 0.0654. The van der Waals surface area contributed by atoms with E-state index in [0.29, 0.717) is 5.76 Å². The zero-order valence-electron chi connectivity index (χ0n) is 13.7. The van der Waals surface area contributed by atoms with E-state index in [2.05, 4.69) is 0 Å². The van der Waals surface area contributed by atoms with Crippen molar-refractivity contribution in [2.45, 2.75) is 13.3 Å². The van der Waals surface area contributed by atoms with Crippen molar-refractivity contribution < 1.29 is 23.8 Å². The molecule has 0 aromatic carbocycles. The third kappa shape index (κ3) is 7.03. The lowest BCUT2D eigenvalue weighted by Gasteiger charge is -2.19. The first-order valence-corrected chi connectivity index (χ1v) is 6.28. The van der Waals surface area contributed by atoms with Gasteiger partial charge in [0, 0.05) is 40.6 Å². The number of ketones is 1. The number of nitrogens with zero attached hydrogens (tertiary/aromatic N) is 2. The lowest BCUT2D eigenvalue weighted by atomic mass is 10.1. The van der Waals surface area contributed by atoms with Gasteiger partial charge in [0.25, 0.3) is 0 Å². The monoisotopic (exact) mass is 300 g/mol. The van der Waals surface area contributed by atoms with Gasteiger partial charge in [0.05, 0.1) is 0 Å². The van der Waals surface area contributed by atoms with Gasteiger partial charge in [-0.2, -0.15) is 0 Å². The molecule has 1 rings (SSSR count). The van der Waals surface area contributed by atoms with E-state index in [-0.39, 0.29) is 17.8 Å². The van der Waals surface area contributed by atoms with Crippen molar-refractivity contribution >= 4 is 11.8 Å². The van der Waals surface area contributed by atoms with Gasteiger partial charge in [-0.25, -0.2) is 4.79 Å². The second-order valence-electron chi connectivity index (χ2n) is 4.76. The highest BCUT2D eigenvalue weighted by molar-refractivity contribution is 6.23. The number of ether oxygens (including phenoxy) is 3. The molecule has 7 heteroatoms. The van der Waals surface area contributed by atoms with Crippen LogP contribution in [0.1, 0.15) is 6.92 Å². The number of cyclic esters (lactones) is 1. The minimum Gasteiger partial charge on any atom is -0.427 e. The van der Waals surface area contributed by atoms with Crippen molar-refractivity contribution in [3.05, 3.63) is 23.6 Å². The van der Waals surface area contributed by atoms with E-state index in [1.54, 1.807) is 40.1 Å². The number of carbonyl (C=O) groups is 2. The molecule has 120 valence electrons. The van der Waals surface area contributed by atoms with E-state index in [1.165, 1.54) is 12.3 Å². The van der Waals surface area contributed by atoms with Gasteiger partial charge in [0.15, 0.2) is 5.78 Å². The third-order valence-corrected chi connectivity index (χ3v) is 2.29. The van der Waals surface area contributed by atoms with Crippen LogP contribution in [0.15, 0.2) is 23.6 Å². The maximum absolute atomic E-state index is 11.3. The summed E-state index contributed by atoms with van der Waals surface area (Å²) >= 11 is 0. The Kier molecular flexibility index (Phi) is 8.52. The highest BCUT2D eigenvalue weighted by Crippen LogP contribution is 2.13. The fraction of sp³-hybridized carbons (Fsp3) is 0.571. The van der Waals surface area contributed by atoms with Crippen LogP contribution < -0.4 is 0 Å². The zero-order valence-corrected chi connectivity index (χ0v) is 13.7. The van der Waals surface area contributed by atoms with Gasteiger partial charge in [-0.05, 0) is 21.0 Å². The van der Waals surface area contributed by atoms with Crippen LogP contribution in [0.5, 0.6) is 0 Å². The number of hydrogen-bond donors (Lipinski definition) is 0. The molecule has 0 unspecified atom stereocenters. The summed E-state index contributed by atoms with van der Waals surface area (Å²) < 4.78 is 14.5. The van der Waals surface area contributed by atoms with Crippen LogP contribution in [0.25, 0.3) is 0 Å². The number of hydrogen-bond acceptors (Lipinski definition) is 7. The van der Waals surface area contributed by atoms with E-state index in [9.17, 15) is 9.59 Å². The number of rotatable bonds is 4. The molecule has 0 radical (unpaired) electrons. The van der Waals surface area contributed by atoms with Gasteiger partial charge < -0.3 is 19.1 Å². The summed E-state index contributed by atoms with van der Waals surface area (Å²) in [6.45, 7) is 1.57. The standard InChI is InChI=1S/C9H11NO3.C5H13NO2/c1-6-4-8(11)7(5-10(2)3)9(12)13-6;1-6(2)5(7-3)8-4/h4-5H,1-3H3;5H,1-4H3. The van der Waals surface area contributed by atoms with Crippen molar-refractivity contribution in [3.63, 3.8) is 0 Å². The van der Waals surface area contributed by atoms with Crippen LogP contribution >= 0.6 is 0 Å². The Morgan fingerprint density at radius 2 is 1.67 bits per heavy atom. The molecule has 1 aliphatic heterocycles. The van der Waals surface area contributed by atoms with Crippen LogP contribution in [-0.2, 0) is 23.8 Å². The zero-order chi connectivity index (χ0) is 16.6. The molecule has 0 aromatic rings. The molecule has 0 fully saturated rings. The molecule has 0 N–H and O–H groups in total. The molecule has 0 saturated carbocycles. The normalized spacial score (nSPS) is 16.6. The quantitative estimate of drug-likeness (QED) is 0.326. The van der Waals surface area contributed by atoms with Crippen LogP contribution in [0, 0.1) is 0 Å². The Bertz CT molecular complexity index is 423. The van der Waals surface area contributed by atoms with E-state index < -0.39 is 5.97 Å². The molecule has 21 heavy (non-hydrogen) atoms. The van der Waals surface area contributed by atoms with Gasteiger partial charge >= 0.3 is 5.97 Å². The lowest BCUT2D eigenvalue weighted by Crippen LogP contribution is -2.30. The fourth-order valence-corrected chi connectivity index (χ4v) is 1.49. The summed E-state index contributed by atoms with van der Waals surface area (Å²) in [6.07, 6.45) is 2.54. The van der Waals surface area contributed by atoms with Crippen molar-refractivity contribution in [1.29, 1.82) is 0 Å². The Labute approximate surface area is 125 Å². The molecule has 1 heterocycles. The molecule has 0 atom stereocenters. The van der Waals surface area contributed by atoms with Gasteiger partial charge in [0.2, 0.25) is 6.41 Å². The molecule has 0 spiro atoms. The smallest absolute Gasteiger partial charge is 0.348 e. The van der Waals surface area contributed by atoms with Gasteiger partial charge in [-0.15, -0.1) is 0 Å². The number of esters is 1. The number of allylic oxidation sites excluding steroid dienone is 2. The van der Waals surface area contributed by atoms with Crippen molar-refractivity contribution in [3.8, 4) is 0 Å². The first kappa shape index (κ1) is 19.3. The van der Waals surface area contributed by atoms with E-state index >= 15 is 0 Å². The van der Waals surface area contributed by atoms with Crippen LogP contribution in [0.2, 0.25) is 0 Å².